The minimum absolute atomic E-state index is 0.0209. The van der Waals surface area contributed by atoms with E-state index >= 15 is 0 Å². The van der Waals surface area contributed by atoms with E-state index in [1.165, 1.54) is 17.0 Å². The zero-order chi connectivity index (χ0) is 41.6. The minimum atomic E-state index is -4.67. The lowest BCUT2D eigenvalue weighted by molar-refractivity contribution is -0.138. The smallest absolute Gasteiger partial charge is 0.371 e. The number of benzene rings is 3. The maximum absolute atomic E-state index is 14.6. The highest BCUT2D eigenvalue weighted by Crippen LogP contribution is 2.40. The fourth-order valence-electron chi connectivity index (χ4n) is 7.98. The molecule has 16 heteroatoms. The molecule has 4 amide bonds. The molecule has 0 saturated carbocycles. The minimum Gasteiger partial charge on any atom is -0.371 e. The molecule has 12 nitrogen and oxygen atoms in total. The second kappa shape index (κ2) is 16.0. The zero-order valence-corrected chi connectivity index (χ0v) is 33.7. The Morgan fingerprint density at radius 1 is 1.03 bits per heavy atom. The predicted octanol–water partition coefficient (Wildman–Crippen LogP) is 6.33. The summed E-state index contributed by atoms with van der Waals surface area (Å²) < 4.78 is 46.1. The van der Waals surface area contributed by atoms with E-state index in [2.05, 4.69) is 53.4 Å². The summed E-state index contributed by atoms with van der Waals surface area (Å²) in [4.78, 5) is 60.4. The van der Waals surface area contributed by atoms with Gasteiger partial charge in [-0.2, -0.15) is 18.3 Å². The van der Waals surface area contributed by atoms with Crippen LogP contribution in [0.1, 0.15) is 79.9 Å². The lowest BCUT2D eigenvalue weighted by Crippen LogP contribution is -2.52. The number of halogens is 4. The molecule has 0 spiro atoms. The Hall–Kier alpha value is -6.05. The predicted molar refractivity (Wildman–Crippen MR) is 216 cm³/mol. The van der Waals surface area contributed by atoms with Gasteiger partial charge in [0.1, 0.15) is 11.7 Å². The number of amides is 4. The highest BCUT2D eigenvalue weighted by molar-refractivity contribution is 9.10. The van der Waals surface area contributed by atoms with Gasteiger partial charge < -0.3 is 15.1 Å². The molecule has 3 aliphatic rings. The van der Waals surface area contributed by atoms with Gasteiger partial charge >= 0.3 is 6.18 Å². The lowest BCUT2D eigenvalue weighted by atomic mass is 10.00. The molecule has 302 valence electrons. The normalized spacial score (nSPS) is 17.3. The molecular formula is C43H38BrF3N8O4. The van der Waals surface area contributed by atoms with Crippen molar-refractivity contribution in [2.24, 2.45) is 0 Å². The van der Waals surface area contributed by atoms with Crippen molar-refractivity contribution in [3.8, 4) is 11.8 Å². The van der Waals surface area contributed by atoms with E-state index in [1.807, 2.05) is 20.0 Å². The Kier molecular flexibility index (Phi) is 10.7. The van der Waals surface area contributed by atoms with Crippen LogP contribution in [-0.2, 0) is 28.9 Å². The molecule has 0 radical (unpaired) electrons. The first-order valence-electron chi connectivity index (χ1n) is 19.1. The van der Waals surface area contributed by atoms with E-state index in [1.54, 1.807) is 58.2 Å². The summed E-state index contributed by atoms with van der Waals surface area (Å²) in [5.41, 5.74) is 4.34. The summed E-state index contributed by atoms with van der Waals surface area (Å²) in [7, 11) is 1.97. The molecule has 2 aromatic heterocycles. The van der Waals surface area contributed by atoms with E-state index in [0.717, 1.165) is 27.2 Å². The van der Waals surface area contributed by atoms with Crippen molar-refractivity contribution in [2.45, 2.75) is 64.0 Å². The Bertz CT molecular complexity index is 2590. The van der Waals surface area contributed by atoms with Gasteiger partial charge in [-0.3, -0.25) is 29.4 Å². The number of anilines is 2. The van der Waals surface area contributed by atoms with E-state index in [4.69, 9.17) is 0 Å². The first-order valence-corrected chi connectivity index (χ1v) is 19.9. The summed E-state index contributed by atoms with van der Waals surface area (Å²) in [5, 5.41) is 9.22. The van der Waals surface area contributed by atoms with Gasteiger partial charge in [0.2, 0.25) is 11.8 Å². The summed E-state index contributed by atoms with van der Waals surface area (Å²) in [6.45, 7) is 3.41. The number of fused-ring (bicyclic) bond motifs is 2. The van der Waals surface area contributed by atoms with Crippen LogP contribution in [0.15, 0.2) is 77.5 Å². The number of alkyl halides is 3. The van der Waals surface area contributed by atoms with E-state index in [9.17, 15) is 32.3 Å². The van der Waals surface area contributed by atoms with Gasteiger partial charge in [0.15, 0.2) is 5.65 Å². The SMILES string of the molecule is Cc1ccc(C(=O)Nc2ccc(N3CCC(N(C)Cc4ccc5c(c4Br)CN(C4CCC(=O)NC4=O)C5=O)CC3)c(C(F)(F)F)c2)cc1C#Cc1cnc2cccnn12. The van der Waals surface area contributed by atoms with Crippen molar-refractivity contribution < 1.29 is 32.3 Å². The standard InChI is InChI=1S/C43H38BrF3N8O4/c1-25-5-6-27(20-26(25)7-10-31-22-48-37-4-3-17-49-55(31)37)40(57)50-29-9-12-35(34(21-29)43(45,46)47)53-18-15-30(16-19-53)52(2)23-28-8-11-32-33(39(28)44)24-54(42(32)59)36-13-14-38(56)51-41(36)58/h3-6,8-9,11-12,17,20-22,30,36H,13-16,18-19,23-24H2,1-2H3,(H,50,57)(H,51,56,58). The maximum atomic E-state index is 14.6. The molecule has 1 atom stereocenters. The quantitative estimate of drug-likeness (QED) is 0.143. The van der Waals surface area contributed by atoms with Crippen LogP contribution >= 0.6 is 15.9 Å². The average Bonchev–Trinajstić information content (AvgIpc) is 3.79. The monoisotopic (exact) mass is 866 g/mol. The Morgan fingerprint density at radius 3 is 2.59 bits per heavy atom. The maximum Gasteiger partial charge on any atom is 0.418 e. The van der Waals surface area contributed by atoms with Gasteiger partial charge in [-0.15, -0.1) is 0 Å². The average molecular weight is 868 g/mol. The number of carbonyl (C=O) groups is 4. The molecule has 0 bridgehead atoms. The number of carbonyl (C=O) groups excluding carboxylic acids is 4. The van der Waals surface area contributed by atoms with Crippen LogP contribution < -0.4 is 15.5 Å². The molecule has 3 aliphatic heterocycles. The zero-order valence-electron chi connectivity index (χ0n) is 32.1. The largest absolute Gasteiger partial charge is 0.418 e. The molecule has 59 heavy (non-hydrogen) atoms. The van der Waals surface area contributed by atoms with E-state index in [-0.39, 0.29) is 54.2 Å². The summed E-state index contributed by atoms with van der Waals surface area (Å²) in [6.07, 6.45) is 0.240. The number of aromatic nitrogens is 3. The van der Waals surface area contributed by atoms with Crippen LogP contribution in [-0.4, -0.2) is 80.2 Å². The second-order valence-corrected chi connectivity index (χ2v) is 15.8. The van der Waals surface area contributed by atoms with Crippen LogP contribution in [0, 0.1) is 18.8 Å². The van der Waals surface area contributed by atoms with Crippen LogP contribution in [0.4, 0.5) is 24.5 Å². The molecule has 3 aromatic carbocycles. The molecule has 5 aromatic rings. The first kappa shape index (κ1) is 39.8. The number of rotatable bonds is 7. The number of imide groups is 1. The molecule has 0 aliphatic carbocycles. The number of hydrogen-bond donors (Lipinski definition) is 2. The van der Waals surface area contributed by atoms with Crippen molar-refractivity contribution in [1.82, 2.24) is 29.7 Å². The van der Waals surface area contributed by atoms with Gasteiger partial charge in [0.25, 0.3) is 11.8 Å². The lowest BCUT2D eigenvalue weighted by Gasteiger charge is -2.39. The van der Waals surface area contributed by atoms with Crippen molar-refractivity contribution in [3.05, 3.63) is 122 Å². The molecule has 2 N–H and O–H groups in total. The van der Waals surface area contributed by atoms with Crippen molar-refractivity contribution in [1.29, 1.82) is 0 Å². The number of hydrogen-bond acceptors (Lipinski definition) is 8. The van der Waals surface area contributed by atoms with Gasteiger partial charge in [-0.05, 0) is 104 Å². The molecule has 1 unspecified atom stereocenters. The molecular weight excluding hydrogens is 829 g/mol. The third-order valence-corrected chi connectivity index (χ3v) is 12.2. The Morgan fingerprint density at radius 2 is 1.83 bits per heavy atom. The summed E-state index contributed by atoms with van der Waals surface area (Å²) >= 11 is 3.70. The molecule has 5 heterocycles. The second-order valence-electron chi connectivity index (χ2n) is 15.0. The highest BCUT2D eigenvalue weighted by atomic mass is 79.9. The number of imidazole rings is 1. The summed E-state index contributed by atoms with van der Waals surface area (Å²) in [5.74, 6) is 4.47. The number of aryl methyl sites for hydroxylation is 1. The van der Waals surface area contributed by atoms with Crippen molar-refractivity contribution in [3.63, 3.8) is 0 Å². The number of piperidine rings is 2. The molecule has 2 saturated heterocycles. The van der Waals surface area contributed by atoms with Gasteiger partial charge in [0.05, 0.1) is 11.8 Å². The van der Waals surface area contributed by atoms with Gasteiger partial charge in [-0.1, -0.05) is 34.0 Å². The first-order chi connectivity index (χ1) is 28.2. The van der Waals surface area contributed by atoms with Crippen LogP contribution in [0.5, 0.6) is 0 Å². The fraction of sp³-hybridized carbons (Fsp3) is 0.302. The summed E-state index contributed by atoms with van der Waals surface area (Å²) in [6, 6.07) is 15.4. The topological polar surface area (TPSA) is 132 Å². The Balaban J connectivity index is 0.911. The van der Waals surface area contributed by atoms with Crippen molar-refractivity contribution in [2.75, 3.05) is 30.4 Å². The third kappa shape index (κ3) is 8.04. The number of nitrogens with one attached hydrogen (secondary N) is 2. The van der Waals surface area contributed by atoms with Crippen LogP contribution in [0.2, 0.25) is 0 Å². The number of nitrogens with zero attached hydrogens (tertiary/aromatic N) is 6. The fourth-order valence-corrected chi connectivity index (χ4v) is 8.58. The molecule has 2 fully saturated rings. The van der Waals surface area contributed by atoms with E-state index < -0.39 is 29.6 Å². The van der Waals surface area contributed by atoms with E-state index in [0.29, 0.717) is 54.9 Å². The Labute approximate surface area is 345 Å². The highest BCUT2D eigenvalue weighted by Gasteiger charge is 2.40. The van der Waals surface area contributed by atoms with Crippen LogP contribution in [0.3, 0.4) is 0 Å². The van der Waals surface area contributed by atoms with Gasteiger partial charge in [-0.25, -0.2) is 9.50 Å². The third-order valence-electron chi connectivity index (χ3n) is 11.2. The molecule has 8 rings (SSSR count). The van der Waals surface area contributed by atoms with Crippen molar-refractivity contribution >= 4 is 56.6 Å². The van der Waals surface area contributed by atoms with Crippen LogP contribution in [0.25, 0.3) is 5.65 Å². The van der Waals surface area contributed by atoms with Gasteiger partial charge in [0, 0.05) is 77.4 Å².